The van der Waals surface area contributed by atoms with Crippen LogP contribution in [0.2, 0.25) is 0 Å². The molecule has 0 radical (unpaired) electrons. The summed E-state index contributed by atoms with van der Waals surface area (Å²) in [5, 5.41) is 9.47. The molecule has 0 unspecified atom stereocenters. The molecule has 3 aromatic carbocycles. The van der Waals surface area contributed by atoms with Crippen molar-refractivity contribution in [2.45, 2.75) is 27.1 Å². The number of oxazole rings is 1. The summed E-state index contributed by atoms with van der Waals surface area (Å²) in [5.41, 5.74) is 3.23. The maximum atomic E-state index is 11.6. The van der Waals surface area contributed by atoms with Crippen molar-refractivity contribution in [2.24, 2.45) is 0 Å². The number of carbonyl (C=O) groups is 1. The van der Waals surface area contributed by atoms with Gasteiger partial charge in [-0.2, -0.15) is 0 Å². The van der Waals surface area contributed by atoms with Gasteiger partial charge in [-0.1, -0.05) is 42.5 Å². The van der Waals surface area contributed by atoms with E-state index in [2.05, 4.69) is 4.98 Å². The molecule has 6 heteroatoms. The average molecular weight is 429 g/mol. The normalized spacial score (nSPS) is 10.7. The van der Waals surface area contributed by atoms with E-state index in [1.807, 2.05) is 55.5 Å². The highest BCUT2D eigenvalue weighted by atomic mass is 16.5. The number of aryl methyl sites for hydroxylation is 2. The summed E-state index contributed by atoms with van der Waals surface area (Å²) in [4.78, 5) is 16.1. The summed E-state index contributed by atoms with van der Waals surface area (Å²) in [5.74, 6) is 1.51. The van der Waals surface area contributed by atoms with Crippen LogP contribution in [0.4, 0.5) is 0 Å². The van der Waals surface area contributed by atoms with E-state index in [-0.39, 0.29) is 18.8 Å². The van der Waals surface area contributed by atoms with E-state index >= 15 is 0 Å². The first-order valence-electron chi connectivity index (χ1n) is 10.2. The van der Waals surface area contributed by atoms with Gasteiger partial charge in [0, 0.05) is 17.2 Å². The van der Waals surface area contributed by atoms with Crippen molar-refractivity contribution in [2.75, 3.05) is 0 Å². The first kappa shape index (κ1) is 21.2. The molecule has 0 fully saturated rings. The third-order valence-electron chi connectivity index (χ3n) is 5.06. The van der Waals surface area contributed by atoms with Crippen LogP contribution in [0.1, 0.15) is 32.9 Å². The highest BCUT2D eigenvalue weighted by molar-refractivity contribution is 5.91. The van der Waals surface area contributed by atoms with E-state index in [0.717, 1.165) is 11.3 Å². The lowest BCUT2D eigenvalue weighted by Gasteiger charge is -2.12. The Bertz CT molecular complexity index is 1230. The Balaban J connectivity index is 1.42. The maximum Gasteiger partial charge on any atom is 0.336 e. The van der Waals surface area contributed by atoms with E-state index in [1.165, 1.54) is 0 Å². The molecule has 0 atom stereocenters. The van der Waals surface area contributed by atoms with Crippen LogP contribution >= 0.6 is 0 Å². The first-order chi connectivity index (χ1) is 15.5. The number of hydrogen-bond acceptors (Lipinski definition) is 5. The number of carboxylic acid groups (broad SMARTS) is 1. The molecule has 32 heavy (non-hydrogen) atoms. The van der Waals surface area contributed by atoms with Crippen molar-refractivity contribution in [1.82, 2.24) is 4.98 Å². The molecule has 0 aliphatic heterocycles. The summed E-state index contributed by atoms with van der Waals surface area (Å²) < 4.78 is 17.5. The summed E-state index contributed by atoms with van der Waals surface area (Å²) >= 11 is 0. The van der Waals surface area contributed by atoms with Crippen molar-refractivity contribution < 1.29 is 23.8 Å². The fourth-order valence-electron chi connectivity index (χ4n) is 3.39. The Morgan fingerprint density at radius 3 is 2.31 bits per heavy atom. The lowest BCUT2D eigenvalue weighted by molar-refractivity contribution is 0.0693. The van der Waals surface area contributed by atoms with Gasteiger partial charge in [0.15, 0.2) is 0 Å². The van der Waals surface area contributed by atoms with Gasteiger partial charge in [0.2, 0.25) is 5.89 Å². The molecular formula is C26H23NO5. The summed E-state index contributed by atoms with van der Waals surface area (Å²) in [6, 6.07) is 22.3. The first-order valence-corrected chi connectivity index (χ1v) is 10.2. The Morgan fingerprint density at radius 2 is 1.59 bits per heavy atom. The lowest BCUT2D eigenvalue weighted by Crippen LogP contribution is -2.08. The largest absolute Gasteiger partial charge is 0.489 e. The van der Waals surface area contributed by atoms with Crippen LogP contribution in [-0.2, 0) is 13.2 Å². The fourth-order valence-corrected chi connectivity index (χ4v) is 3.39. The molecule has 0 saturated carbocycles. The number of hydrogen-bond donors (Lipinski definition) is 1. The number of aromatic nitrogens is 1. The molecule has 0 spiro atoms. The van der Waals surface area contributed by atoms with Crippen LogP contribution in [0.5, 0.6) is 11.5 Å². The van der Waals surface area contributed by atoms with Crippen molar-refractivity contribution >= 4 is 5.97 Å². The minimum Gasteiger partial charge on any atom is -0.489 e. The molecule has 1 N–H and O–H groups in total. The quantitative estimate of drug-likeness (QED) is 0.380. The number of nitrogens with zero attached hydrogens (tertiary/aromatic N) is 1. The number of carboxylic acids is 1. The number of rotatable bonds is 8. The number of aromatic carboxylic acids is 1. The van der Waals surface area contributed by atoms with Crippen LogP contribution in [0, 0.1) is 13.8 Å². The minimum absolute atomic E-state index is 0.148. The van der Waals surface area contributed by atoms with E-state index in [0.29, 0.717) is 34.3 Å². The SMILES string of the molecule is Cc1cccc(COc2cccc(OCc3nc(-c4ccccc4)oc3C)c2)c1C(=O)O. The standard InChI is InChI=1S/C26H23NO5/c1-17-8-6-11-20(24(17)26(28)29)15-30-21-12-7-13-22(14-21)31-16-23-18(2)32-25(27-23)19-9-4-3-5-10-19/h3-14H,15-16H2,1-2H3,(H,28,29). The highest BCUT2D eigenvalue weighted by Gasteiger charge is 2.14. The van der Waals surface area contributed by atoms with Gasteiger partial charge >= 0.3 is 5.97 Å². The van der Waals surface area contributed by atoms with Crippen molar-refractivity contribution in [1.29, 1.82) is 0 Å². The Labute approximate surface area is 186 Å². The zero-order chi connectivity index (χ0) is 22.5. The molecule has 4 aromatic rings. The predicted molar refractivity (Wildman–Crippen MR) is 120 cm³/mol. The Kier molecular flexibility index (Phi) is 6.22. The van der Waals surface area contributed by atoms with Crippen LogP contribution < -0.4 is 9.47 Å². The monoisotopic (exact) mass is 429 g/mol. The second-order valence-corrected chi connectivity index (χ2v) is 7.35. The molecule has 4 rings (SSSR count). The second kappa shape index (κ2) is 9.39. The van der Waals surface area contributed by atoms with Crippen LogP contribution in [0.25, 0.3) is 11.5 Å². The van der Waals surface area contributed by atoms with E-state index < -0.39 is 5.97 Å². The van der Waals surface area contributed by atoms with Gasteiger partial charge in [-0.15, -0.1) is 0 Å². The van der Waals surface area contributed by atoms with Crippen LogP contribution in [0.15, 0.2) is 77.2 Å². The molecule has 0 amide bonds. The molecule has 1 aromatic heterocycles. The zero-order valence-electron chi connectivity index (χ0n) is 17.9. The van der Waals surface area contributed by atoms with Crippen molar-refractivity contribution in [3.05, 3.63) is 101 Å². The van der Waals surface area contributed by atoms with Gasteiger partial charge in [-0.3, -0.25) is 0 Å². The van der Waals surface area contributed by atoms with Gasteiger partial charge in [-0.05, 0) is 43.7 Å². The molecule has 0 aliphatic carbocycles. The van der Waals surface area contributed by atoms with Gasteiger partial charge in [0.25, 0.3) is 0 Å². The van der Waals surface area contributed by atoms with E-state index in [1.54, 1.807) is 31.2 Å². The number of ether oxygens (including phenoxy) is 2. The fraction of sp³-hybridized carbons (Fsp3) is 0.154. The van der Waals surface area contributed by atoms with Crippen molar-refractivity contribution in [3.8, 4) is 23.0 Å². The molecule has 0 saturated heterocycles. The third-order valence-corrected chi connectivity index (χ3v) is 5.06. The molecule has 0 aliphatic rings. The third kappa shape index (κ3) is 4.81. The molecule has 162 valence electrons. The molecule has 0 bridgehead atoms. The Hall–Kier alpha value is -4.06. The van der Waals surface area contributed by atoms with E-state index in [4.69, 9.17) is 13.9 Å². The van der Waals surface area contributed by atoms with Gasteiger partial charge in [0.05, 0.1) is 5.56 Å². The van der Waals surface area contributed by atoms with Gasteiger partial charge < -0.3 is 19.0 Å². The van der Waals surface area contributed by atoms with Gasteiger partial charge in [-0.25, -0.2) is 9.78 Å². The smallest absolute Gasteiger partial charge is 0.336 e. The predicted octanol–water partition coefficient (Wildman–Crippen LogP) is 5.81. The summed E-state index contributed by atoms with van der Waals surface area (Å²) in [7, 11) is 0. The topological polar surface area (TPSA) is 81.8 Å². The highest BCUT2D eigenvalue weighted by Crippen LogP contribution is 2.25. The molecule has 1 heterocycles. The van der Waals surface area contributed by atoms with Crippen molar-refractivity contribution in [3.63, 3.8) is 0 Å². The minimum atomic E-state index is -0.961. The second-order valence-electron chi connectivity index (χ2n) is 7.35. The van der Waals surface area contributed by atoms with E-state index in [9.17, 15) is 9.90 Å². The Morgan fingerprint density at radius 1 is 0.906 bits per heavy atom. The molecule has 6 nitrogen and oxygen atoms in total. The maximum absolute atomic E-state index is 11.6. The number of benzene rings is 3. The van der Waals surface area contributed by atoms with Gasteiger partial charge in [0.1, 0.15) is 36.2 Å². The van der Waals surface area contributed by atoms with Crippen LogP contribution in [0.3, 0.4) is 0 Å². The van der Waals surface area contributed by atoms with Crippen LogP contribution in [-0.4, -0.2) is 16.1 Å². The lowest BCUT2D eigenvalue weighted by atomic mass is 10.0. The summed E-state index contributed by atoms with van der Waals surface area (Å²) in [6.45, 7) is 4.04. The average Bonchev–Trinajstić information content (AvgIpc) is 3.17. The summed E-state index contributed by atoms with van der Waals surface area (Å²) in [6.07, 6.45) is 0. The molecular weight excluding hydrogens is 406 g/mol. The zero-order valence-corrected chi connectivity index (χ0v) is 17.9.